The molecule has 0 spiro atoms. The van der Waals surface area contributed by atoms with Crippen molar-refractivity contribution < 1.29 is 24.3 Å². The first-order chi connectivity index (χ1) is 16.7. The van der Waals surface area contributed by atoms with Crippen molar-refractivity contribution in [2.75, 3.05) is 5.32 Å². The Hall–Kier alpha value is -4.23. The third-order valence-corrected chi connectivity index (χ3v) is 5.36. The van der Waals surface area contributed by atoms with Crippen LogP contribution < -0.4 is 10.6 Å². The van der Waals surface area contributed by atoms with Crippen molar-refractivity contribution >= 4 is 46.9 Å². The zero-order valence-corrected chi connectivity index (χ0v) is 19.6. The summed E-state index contributed by atoms with van der Waals surface area (Å²) in [5.74, 6) is -2.24. The lowest BCUT2D eigenvalue weighted by Gasteiger charge is -2.18. The molecule has 0 heterocycles. The number of Topliss-reactive ketones (excluding diaryl/α,β-unsaturated/α-hetero) is 1. The smallest absolute Gasteiger partial charge is 0.335 e. The summed E-state index contributed by atoms with van der Waals surface area (Å²) < 4.78 is 0. The van der Waals surface area contributed by atoms with E-state index in [0.717, 1.165) is 5.56 Å². The van der Waals surface area contributed by atoms with E-state index in [2.05, 4.69) is 10.6 Å². The second kappa shape index (κ2) is 11.8. The Morgan fingerprint density at radius 3 is 2.29 bits per heavy atom. The number of aromatic carboxylic acids is 1. The molecule has 0 unspecified atom stereocenters. The van der Waals surface area contributed by atoms with Gasteiger partial charge in [-0.1, -0.05) is 41.9 Å². The first-order valence-electron chi connectivity index (χ1n) is 10.7. The molecule has 3 rings (SSSR count). The number of carboxylic acids is 1. The molecule has 0 aliphatic heterocycles. The van der Waals surface area contributed by atoms with Crippen LogP contribution in [0, 0.1) is 0 Å². The van der Waals surface area contributed by atoms with Crippen LogP contribution in [-0.2, 0) is 16.0 Å². The molecule has 0 aliphatic rings. The number of carboxylic acid groups (broad SMARTS) is 1. The average molecular weight is 491 g/mol. The zero-order chi connectivity index (χ0) is 25.4. The first kappa shape index (κ1) is 25.4. The number of nitrogens with one attached hydrogen (secondary N) is 2. The Bertz CT molecular complexity index is 1270. The second-order valence-electron chi connectivity index (χ2n) is 7.74. The molecule has 7 nitrogen and oxygen atoms in total. The van der Waals surface area contributed by atoms with Crippen molar-refractivity contribution in [2.24, 2.45) is 0 Å². The number of ketones is 1. The van der Waals surface area contributed by atoms with Crippen LogP contribution in [0.2, 0.25) is 5.02 Å². The van der Waals surface area contributed by atoms with Gasteiger partial charge < -0.3 is 15.7 Å². The molecule has 0 saturated carbocycles. The predicted molar refractivity (Wildman–Crippen MR) is 135 cm³/mol. The van der Waals surface area contributed by atoms with Gasteiger partial charge in [-0.2, -0.15) is 0 Å². The third-order valence-electron chi connectivity index (χ3n) is 5.12. The number of carbonyl (C=O) groups is 4. The molecule has 2 amide bonds. The molecule has 3 aromatic rings. The molecule has 3 N–H and O–H groups in total. The summed E-state index contributed by atoms with van der Waals surface area (Å²) in [6.45, 7) is 1.42. The number of hydrogen-bond acceptors (Lipinski definition) is 4. The average Bonchev–Trinajstić information content (AvgIpc) is 2.83. The maximum Gasteiger partial charge on any atom is 0.335 e. The summed E-state index contributed by atoms with van der Waals surface area (Å²) in [5.41, 5.74) is 2.23. The molecule has 1 atom stereocenters. The number of hydrogen-bond donors (Lipinski definition) is 3. The SMILES string of the molecule is CC(=O)c1ccc(Cl)cc1C=CC(=O)N[C@@H](Cc1ccccc1)C(=O)Nc1ccc(C(=O)O)cc1. The second-order valence-corrected chi connectivity index (χ2v) is 8.18. The fourth-order valence-corrected chi connectivity index (χ4v) is 3.54. The van der Waals surface area contributed by atoms with E-state index in [1.165, 1.54) is 43.3 Å². The van der Waals surface area contributed by atoms with Crippen LogP contribution in [0.25, 0.3) is 6.08 Å². The Morgan fingerprint density at radius 1 is 0.971 bits per heavy atom. The molecule has 8 heteroatoms. The summed E-state index contributed by atoms with van der Waals surface area (Å²) in [5, 5.41) is 14.9. The fraction of sp³-hybridized carbons (Fsp3) is 0.111. The molecule has 0 aliphatic carbocycles. The molecule has 0 saturated heterocycles. The first-order valence-corrected chi connectivity index (χ1v) is 11.1. The Morgan fingerprint density at radius 2 is 1.66 bits per heavy atom. The highest BCUT2D eigenvalue weighted by Gasteiger charge is 2.21. The van der Waals surface area contributed by atoms with E-state index in [4.69, 9.17) is 16.7 Å². The highest BCUT2D eigenvalue weighted by Crippen LogP contribution is 2.18. The van der Waals surface area contributed by atoms with Crippen molar-refractivity contribution in [2.45, 2.75) is 19.4 Å². The van der Waals surface area contributed by atoms with Gasteiger partial charge in [-0.15, -0.1) is 0 Å². The molecule has 0 fully saturated rings. The van der Waals surface area contributed by atoms with Crippen molar-refractivity contribution in [3.63, 3.8) is 0 Å². The lowest BCUT2D eigenvalue weighted by molar-refractivity contribution is -0.123. The van der Waals surface area contributed by atoms with Gasteiger partial charge in [-0.25, -0.2) is 4.79 Å². The van der Waals surface area contributed by atoms with Crippen LogP contribution in [0.15, 0.2) is 78.9 Å². The fourth-order valence-electron chi connectivity index (χ4n) is 3.36. The van der Waals surface area contributed by atoms with Crippen LogP contribution in [0.5, 0.6) is 0 Å². The van der Waals surface area contributed by atoms with E-state index < -0.39 is 23.8 Å². The minimum absolute atomic E-state index is 0.0909. The monoisotopic (exact) mass is 490 g/mol. The zero-order valence-electron chi connectivity index (χ0n) is 18.8. The van der Waals surface area contributed by atoms with Gasteiger partial charge in [0.25, 0.3) is 0 Å². The van der Waals surface area contributed by atoms with Crippen molar-refractivity contribution in [3.05, 3.63) is 106 Å². The van der Waals surface area contributed by atoms with Gasteiger partial charge in [-0.05, 0) is 66.6 Å². The van der Waals surface area contributed by atoms with Crippen molar-refractivity contribution in [1.82, 2.24) is 5.32 Å². The molecule has 3 aromatic carbocycles. The largest absolute Gasteiger partial charge is 0.478 e. The summed E-state index contributed by atoms with van der Waals surface area (Å²) in [7, 11) is 0. The number of amides is 2. The van der Waals surface area contributed by atoms with Gasteiger partial charge in [-0.3, -0.25) is 14.4 Å². The van der Waals surface area contributed by atoms with Crippen LogP contribution in [0.1, 0.15) is 38.8 Å². The van der Waals surface area contributed by atoms with Crippen LogP contribution >= 0.6 is 11.6 Å². The quantitative estimate of drug-likeness (QED) is 0.299. The molecule has 0 bridgehead atoms. The van der Waals surface area contributed by atoms with E-state index in [0.29, 0.717) is 21.8 Å². The lowest BCUT2D eigenvalue weighted by atomic mass is 10.0. The number of halogens is 1. The Kier molecular flexibility index (Phi) is 8.53. The Labute approximate surface area is 207 Å². The normalized spacial score (nSPS) is 11.6. The standard InChI is InChI=1S/C27H23ClN2O5/c1-17(31)23-13-10-21(28)16-20(23)9-14-25(32)30-24(15-18-5-3-2-4-6-18)26(33)29-22-11-7-19(8-12-22)27(34)35/h2-14,16,24H,15H2,1H3,(H,29,33)(H,30,32)(H,34,35)/t24-/m0/s1. The minimum atomic E-state index is -1.07. The number of rotatable bonds is 9. The molecule has 35 heavy (non-hydrogen) atoms. The molecule has 0 radical (unpaired) electrons. The van der Waals surface area contributed by atoms with Gasteiger partial charge in [0.05, 0.1) is 5.56 Å². The van der Waals surface area contributed by atoms with E-state index in [9.17, 15) is 19.2 Å². The van der Waals surface area contributed by atoms with Crippen LogP contribution in [0.4, 0.5) is 5.69 Å². The Balaban J connectivity index is 1.78. The van der Waals surface area contributed by atoms with E-state index in [1.54, 1.807) is 18.2 Å². The number of benzene rings is 3. The van der Waals surface area contributed by atoms with E-state index >= 15 is 0 Å². The van der Waals surface area contributed by atoms with Crippen LogP contribution in [0.3, 0.4) is 0 Å². The van der Waals surface area contributed by atoms with E-state index in [-0.39, 0.29) is 17.8 Å². The van der Waals surface area contributed by atoms with Crippen LogP contribution in [-0.4, -0.2) is 34.7 Å². The van der Waals surface area contributed by atoms with Gasteiger partial charge in [0, 0.05) is 28.8 Å². The minimum Gasteiger partial charge on any atom is -0.478 e. The van der Waals surface area contributed by atoms with Gasteiger partial charge in [0.15, 0.2) is 5.78 Å². The lowest BCUT2D eigenvalue weighted by Crippen LogP contribution is -2.44. The molecule has 178 valence electrons. The maximum absolute atomic E-state index is 13.0. The summed E-state index contributed by atoms with van der Waals surface area (Å²) in [6.07, 6.45) is 2.94. The van der Waals surface area contributed by atoms with E-state index in [1.807, 2.05) is 30.3 Å². The van der Waals surface area contributed by atoms with Gasteiger partial charge >= 0.3 is 5.97 Å². The summed E-state index contributed by atoms with van der Waals surface area (Å²) in [4.78, 5) is 48.6. The van der Waals surface area contributed by atoms with Gasteiger partial charge in [0.2, 0.25) is 11.8 Å². The highest BCUT2D eigenvalue weighted by molar-refractivity contribution is 6.31. The molecular weight excluding hydrogens is 468 g/mol. The highest BCUT2D eigenvalue weighted by atomic mass is 35.5. The third kappa shape index (κ3) is 7.38. The maximum atomic E-state index is 13.0. The van der Waals surface area contributed by atoms with Crippen molar-refractivity contribution in [3.8, 4) is 0 Å². The summed E-state index contributed by atoms with van der Waals surface area (Å²) in [6, 6.07) is 18.8. The topological polar surface area (TPSA) is 113 Å². The summed E-state index contributed by atoms with van der Waals surface area (Å²) >= 11 is 6.03. The molecular formula is C27H23ClN2O5. The number of carbonyl (C=O) groups excluding carboxylic acids is 3. The van der Waals surface area contributed by atoms with Gasteiger partial charge in [0.1, 0.15) is 6.04 Å². The number of anilines is 1. The predicted octanol–water partition coefficient (Wildman–Crippen LogP) is 4.62. The van der Waals surface area contributed by atoms with Crippen molar-refractivity contribution in [1.29, 1.82) is 0 Å². The molecule has 0 aromatic heterocycles.